The van der Waals surface area contributed by atoms with Crippen molar-refractivity contribution < 1.29 is 14.8 Å². The Morgan fingerprint density at radius 1 is 1.32 bits per heavy atom. The number of aromatic nitrogens is 3. The molecular formula is C13H9N5O4. The number of amides is 1. The molecule has 0 saturated heterocycles. The van der Waals surface area contributed by atoms with E-state index in [1.54, 1.807) is 18.3 Å². The topological polar surface area (TPSA) is 134 Å². The molecule has 0 unspecified atom stereocenters. The monoisotopic (exact) mass is 299 g/mol. The highest BCUT2D eigenvalue weighted by molar-refractivity contribution is 5.90. The van der Waals surface area contributed by atoms with Crippen LogP contribution in [0.25, 0.3) is 22.0 Å². The number of fused-ring (bicyclic) bond motifs is 1. The van der Waals surface area contributed by atoms with E-state index in [0.29, 0.717) is 16.6 Å². The van der Waals surface area contributed by atoms with Crippen molar-refractivity contribution >= 4 is 28.5 Å². The molecule has 0 aliphatic heterocycles. The molecule has 9 heteroatoms. The summed E-state index contributed by atoms with van der Waals surface area (Å²) in [6.45, 7) is 0. The first-order valence-corrected chi connectivity index (χ1v) is 6.12. The first-order valence-electron chi connectivity index (χ1n) is 6.12. The van der Waals surface area contributed by atoms with Crippen LogP contribution < -0.4 is 5.32 Å². The van der Waals surface area contributed by atoms with Crippen molar-refractivity contribution in [2.45, 2.75) is 0 Å². The van der Waals surface area contributed by atoms with Crippen molar-refractivity contribution in [1.82, 2.24) is 15.2 Å². The zero-order valence-corrected chi connectivity index (χ0v) is 11.0. The van der Waals surface area contributed by atoms with Gasteiger partial charge in [-0.2, -0.15) is 5.10 Å². The largest absolute Gasteiger partial charge is 0.465 e. The highest BCUT2D eigenvalue weighted by Gasteiger charge is 2.18. The minimum Gasteiger partial charge on any atom is -0.465 e. The summed E-state index contributed by atoms with van der Waals surface area (Å²) in [4.78, 5) is 25.2. The Morgan fingerprint density at radius 3 is 2.77 bits per heavy atom. The first-order chi connectivity index (χ1) is 10.5. The number of anilines is 1. The fourth-order valence-corrected chi connectivity index (χ4v) is 2.10. The molecule has 3 rings (SSSR count). The van der Waals surface area contributed by atoms with Crippen LogP contribution in [0.4, 0.5) is 16.3 Å². The molecule has 2 heterocycles. The Balaban J connectivity index is 2.09. The minimum atomic E-state index is -1.23. The van der Waals surface area contributed by atoms with Crippen LogP contribution in [0.5, 0.6) is 0 Å². The van der Waals surface area contributed by atoms with Gasteiger partial charge in [0.2, 0.25) is 0 Å². The van der Waals surface area contributed by atoms with Crippen molar-refractivity contribution in [2.24, 2.45) is 0 Å². The van der Waals surface area contributed by atoms with Gasteiger partial charge in [0.25, 0.3) is 5.69 Å². The molecule has 0 radical (unpaired) electrons. The third-order valence-electron chi connectivity index (χ3n) is 3.06. The molecule has 1 aromatic carbocycles. The van der Waals surface area contributed by atoms with Crippen LogP contribution in [0.3, 0.4) is 0 Å². The van der Waals surface area contributed by atoms with E-state index >= 15 is 0 Å². The quantitative estimate of drug-likeness (QED) is 0.502. The van der Waals surface area contributed by atoms with Gasteiger partial charge in [0.05, 0.1) is 22.2 Å². The lowest BCUT2D eigenvalue weighted by Gasteiger charge is -2.05. The van der Waals surface area contributed by atoms with Crippen molar-refractivity contribution in [3.8, 4) is 11.1 Å². The number of nitro groups is 1. The number of rotatable bonds is 3. The summed E-state index contributed by atoms with van der Waals surface area (Å²) in [5.41, 5.74) is 1.36. The molecule has 0 aliphatic carbocycles. The molecule has 3 aromatic rings. The zero-order chi connectivity index (χ0) is 15.7. The summed E-state index contributed by atoms with van der Waals surface area (Å²) in [5, 5.41) is 29.2. The maximum absolute atomic E-state index is 11.2. The van der Waals surface area contributed by atoms with E-state index < -0.39 is 11.0 Å². The highest BCUT2D eigenvalue weighted by atomic mass is 16.6. The van der Waals surface area contributed by atoms with Gasteiger partial charge in [-0.25, -0.2) is 9.78 Å². The number of aromatic amines is 1. The smallest absolute Gasteiger partial charge is 0.410 e. The summed E-state index contributed by atoms with van der Waals surface area (Å²) in [6, 6.07) is 6.04. The molecule has 22 heavy (non-hydrogen) atoms. The van der Waals surface area contributed by atoms with Gasteiger partial charge in [-0.15, -0.1) is 0 Å². The van der Waals surface area contributed by atoms with Gasteiger partial charge in [-0.1, -0.05) is 0 Å². The molecule has 0 bridgehead atoms. The van der Waals surface area contributed by atoms with E-state index in [1.165, 1.54) is 18.3 Å². The van der Waals surface area contributed by atoms with Gasteiger partial charge in [-0.3, -0.25) is 20.5 Å². The van der Waals surface area contributed by atoms with Gasteiger partial charge in [0.1, 0.15) is 5.82 Å². The van der Waals surface area contributed by atoms with Crippen molar-refractivity contribution in [1.29, 1.82) is 0 Å². The van der Waals surface area contributed by atoms with Gasteiger partial charge in [0.15, 0.2) is 0 Å². The second kappa shape index (κ2) is 5.13. The van der Waals surface area contributed by atoms with Crippen LogP contribution in [-0.4, -0.2) is 31.3 Å². The third kappa shape index (κ3) is 2.42. The molecule has 9 nitrogen and oxygen atoms in total. The predicted octanol–water partition coefficient (Wildman–Crippen LogP) is 2.62. The SMILES string of the molecule is O=C(O)Nc1ccc(-c2cc3cn[nH]c3cc2[N+](=O)[O-])cn1. The number of benzene rings is 1. The number of nitro benzene ring substituents is 1. The third-order valence-corrected chi connectivity index (χ3v) is 3.06. The summed E-state index contributed by atoms with van der Waals surface area (Å²) in [7, 11) is 0. The lowest BCUT2D eigenvalue weighted by atomic mass is 10.0. The van der Waals surface area contributed by atoms with Crippen LogP contribution in [0, 0.1) is 10.1 Å². The number of pyridine rings is 1. The molecule has 1 amide bonds. The maximum atomic E-state index is 11.2. The molecule has 0 aliphatic rings. The molecule has 0 atom stereocenters. The number of carboxylic acid groups (broad SMARTS) is 1. The highest BCUT2D eigenvalue weighted by Crippen LogP contribution is 2.33. The van der Waals surface area contributed by atoms with Crippen molar-refractivity contribution in [3.05, 3.63) is 46.8 Å². The van der Waals surface area contributed by atoms with Crippen LogP contribution >= 0.6 is 0 Å². The number of H-pyrrole nitrogens is 1. The standard InChI is InChI=1S/C13H9N5O4/c19-13(20)16-12-2-1-7(5-14-12)9-3-8-6-15-17-10(8)4-11(9)18(21)22/h1-6H,(H,14,16)(H,15,17)(H,19,20). The number of carbonyl (C=O) groups is 1. The fraction of sp³-hybridized carbons (Fsp3) is 0. The van der Waals surface area contributed by atoms with E-state index in [1.807, 2.05) is 0 Å². The Kier molecular flexibility index (Phi) is 3.14. The zero-order valence-electron chi connectivity index (χ0n) is 11.0. The number of nitrogens with one attached hydrogen (secondary N) is 2. The fourth-order valence-electron chi connectivity index (χ4n) is 2.10. The number of nitrogens with zero attached hydrogens (tertiary/aromatic N) is 3. The van der Waals surface area contributed by atoms with Crippen molar-refractivity contribution in [3.63, 3.8) is 0 Å². The number of hydrogen-bond acceptors (Lipinski definition) is 5. The van der Waals surface area contributed by atoms with E-state index in [0.717, 1.165) is 5.39 Å². The normalized spacial score (nSPS) is 10.5. The lowest BCUT2D eigenvalue weighted by Crippen LogP contribution is -2.08. The first kappa shape index (κ1) is 13.5. The summed E-state index contributed by atoms with van der Waals surface area (Å²) in [6.07, 6.45) is 1.71. The molecule has 110 valence electrons. The molecule has 0 spiro atoms. The van der Waals surface area contributed by atoms with Crippen LogP contribution in [0.15, 0.2) is 36.7 Å². The molecule has 0 fully saturated rings. The Labute approximate surface area is 122 Å². The Hall–Kier alpha value is -3.49. The van der Waals surface area contributed by atoms with Crippen molar-refractivity contribution in [2.75, 3.05) is 5.32 Å². The Morgan fingerprint density at radius 2 is 2.14 bits per heavy atom. The average Bonchev–Trinajstić information content (AvgIpc) is 2.93. The van der Waals surface area contributed by atoms with Gasteiger partial charge in [-0.05, 0) is 18.2 Å². The van der Waals surface area contributed by atoms with Gasteiger partial charge in [0, 0.05) is 23.2 Å². The minimum absolute atomic E-state index is 0.0857. The molecule has 0 saturated carbocycles. The van der Waals surface area contributed by atoms with Crippen LogP contribution in [0.1, 0.15) is 0 Å². The molecule has 2 aromatic heterocycles. The predicted molar refractivity (Wildman–Crippen MR) is 77.6 cm³/mol. The molecule has 3 N–H and O–H groups in total. The van der Waals surface area contributed by atoms with Crippen LogP contribution in [0.2, 0.25) is 0 Å². The van der Waals surface area contributed by atoms with E-state index in [-0.39, 0.29) is 11.5 Å². The Bertz CT molecular complexity index is 872. The summed E-state index contributed by atoms with van der Waals surface area (Å²) >= 11 is 0. The molecular weight excluding hydrogens is 290 g/mol. The summed E-state index contributed by atoms with van der Waals surface area (Å²) < 4.78 is 0. The lowest BCUT2D eigenvalue weighted by molar-refractivity contribution is -0.384. The average molecular weight is 299 g/mol. The van der Waals surface area contributed by atoms with E-state index in [4.69, 9.17) is 5.11 Å². The van der Waals surface area contributed by atoms with Gasteiger partial charge < -0.3 is 5.11 Å². The maximum Gasteiger partial charge on any atom is 0.410 e. The van der Waals surface area contributed by atoms with E-state index in [2.05, 4.69) is 20.5 Å². The summed E-state index contributed by atoms with van der Waals surface area (Å²) in [5.74, 6) is 0.142. The van der Waals surface area contributed by atoms with Crippen LogP contribution in [-0.2, 0) is 0 Å². The number of hydrogen-bond donors (Lipinski definition) is 3. The second-order valence-corrected chi connectivity index (χ2v) is 4.45. The van der Waals surface area contributed by atoms with Gasteiger partial charge >= 0.3 is 6.09 Å². The second-order valence-electron chi connectivity index (χ2n) is 4.45. The van der Waals surface area contributed by atoms with E-state index in [9.17, 15) is 14.9 Å².